The third-order valence-corrected chi connectivity index (χ3v) is 28.4. The number of fused-ring (bicyclic) bond motifs is 21. The summed E-state index contributed by atoms with van der Waals surface area (Å²) in [6.07, 6.45) is 0. The summed E-state index contributed by atoms with van der Waals surface area (Å²) in [5.41, 5.74) is 50.8. The maximum Gasteiger partial charge on any atom is 0.333 e. The van der Waals surface area contributed by atoms with Crippen LogP contribution in [0.1, 0.15) is 0 Å². The minimum absolute atomic E-state index is 0.274. The molecule has 6 heteroatoms. The average Bonchev–Trinajstić information content (AvgIpc) is 1.48. The van der Waals surface area contributed by atoms with Crippen molar-refractivity contribution in [3.8, 4) is 167 Å². The fraction of sp³-hybridized carbons (Fsp3) is 0. The van der Waals surface area contributed by atoms with Crippen molar-refractivity contribution in [2.75, 3.05) is 0 Å². The second kappa shape index (κ2) is 27.5. The molecular weight excluding hydrogens is 1540 g/mol. The summed E-state index contributed by atoms with van der Waals surface area (Å²) in [5, 5.41) is 7.43. The van der Waals surface area contributed by atoms with E-state index in [0.717, 1.165) is 0 Å². The molecule has 0 amide bonds. The fourth-order valence-electron chi connectivity index (χ4n) is 22.8. The van der Waals surface area contributed by atoms with E-state index in [0.29, 0.717) is 0 Å². The predicted molar refractivity (Wildman–Crippen MR) is 541 cm³/mol. The Morgan fingerprint density at radius 1 is 0.141 bits per heavy atom. The Balaban J connectivity index is 0.710. The van der Waals surface area contributed by atoms with Crippen LogP contribution in [-0.2, 0) is 0 Å². The number of benzene rings is 20. The molecule has 4 nitrogen and oxygen atoms in total. The maximum absolute atomic E-state index is 2.86. The summed E-state index contributed by atoms with van der Waals surface area (Å²) in [5.74, 6) is 0. The minimum Gasteiger partial charge on any atom is -0.374 e. The largest absolute Gasteiger partial charge is 0.374 e. The minimum atomic E-state index is -0.274. The molecule has 4 aliphatic rings. The van der Waals surface area contributed by atoms with Crippen molar-refractivity contribution in [3.63, 3.8) is 0 Å². The highest BCUT2D eigenvalue weighted by Crippen LogP contribution is 2.52. The van der Waals surface area contributed by atoms with E-state index >= 15 is 0 Å². The Morgan fingerprint density at radius 3 is 0.664 bits per heavy atom. The Bertz CT molecular complexity index is 8090. The molecule has 0 saturated heterocycles. The van der Waals surface area contributed by atoms with Crippen LogP contribution < -0.4 is 21.9 Å². The summed E-state index contributed by atoms with van der Waals surface area (Å²) in [4.78, 5) is 0. The van der Waals surface area contributed by atoms with Gasteiger partial charge in [-0.25, -0.2) is 0 Å². The molecule has 588 valence electrons. The van der Waals surface area contributed by atoms with E-state index in [1.54, 1.807) is 0 Å². The lowest BCUT2D eigenvalue weighted by molar-refractivity contribution is 1.18. The number of aromatic nitrogens is 4. The molecule has 0 radical (unpaired) electrons. The Hall–Kier alpha value is -16.5. The van der Waals surface area contributed by atoms with Crippen molar-refractivity contribution in [1.82, 2.24) is 18.1 Å². The van der Waals surface area contributed by atoms with E-state index in [1.165, 1.54) is 265 Å². The second-order valence-electron chi connectivity index (χ2n) is 35.3. The molecule has 0 N–H and O–H groups in total. The zero-order valence-electron chi connectivity index (χ0n) is 69.7. The number of nitrogens with zero attached hydrogens (tertiary/aromatic N) is 4. The van der Waals surface area contributed by atoms with Crippen LogP contribution >= 0.6 is 0 Å². The van der Waals surface area contributed by atoms with Gasteiger partial charge in [0.15, 0.2) is 0 Å². The van der Waals surface area contributed by atoms with Gasteiger partial charge in [-0.1, -0.05) is 340 Å². The number of rotatable bonds is 12. The quantitative estimate of drug-likeness (QED) is 0.109. The fourth-order valence-corrected chi connectivity index (χ4v) is 22.8. The standard InChI is InChI=1S/C122H74B2N4/c1-9-27-75(28-10-1)87-59-88(76-29-11-2-12-30-76)64-95(63-87)83-47-55-111-107(71-83)103-53-51-99-101-43-25-45-105-117(101)127(123-109-73-85(49-57-113(109)125(111)119(103)115(99)123)97-67-91(79-35-17-5-18-36-79)61-92(68-97)80-37-19-6-20-38-80)121-106-46-26-44-102-100-52-54-104-108-72-84(96-65-89(77-31-13-3-14-32-77)60-90(66-96)78-33-15-4-16-34-78)48-56-112(108)126-114-58-50-86(74-110(114)124(116(100)120(104)126)128(118(102)106)122(105)121)98-69-93(81-39-21-7-22-40-81)62-94(70-98)82-41-23-8-24-42-82/h1-74H. The van der Waals surface area contributed by atoms with Crippen LogP contribution in [0, 0.1) is 0 Å². The van der Waals surface area contributed by atoms with Crippen molar-refractivity contribution in [1.29, 1.82) is 0 Å². The monoisotopic (exact) mass is 1620 g/mol. The predicted octanol–water partition coefficient (Wildman–Crippen LogP) is 28.8. The van der Waals surface area contributed by atoms with Crippen molar-refractivity contribution in [3.05, 3.63) is 449 Å². The molecule has 0 spiro atoms. The number of para-hydroxylation sites is 2. The van der Waals surface area contributed by atoms with Gasteiger partial charge in [-0.2, -0.15) is 0 Å². The van der Waals surface area contributed by atoms with E-state index < -0.39 is 0 Å². The van der Waals surface area contributed by atoms with Crippen LogP contribution in [0.2, 0.25) is 0 Å². The topological polar surface area (TPSA) is 19.7 Å². The molecule has 8 heterocycles. The Labute approximate surface area is 740 Å². The van der Waals surface area contributed by atoms with Crippen molar-refractivity contribution >= 4 is 112 Å². The summed E-state index contributed by atoms with van der Waals surface area (Å²) in [6, 6.07) is 170. The molecule has 0 fully saturated rings. The molecule has 0 bridgehead atoms. The molecule has 0 atom stereocenters. The lowest BCUT2D eigenvalue weighted by Crippen LogP contribution is -2.55. The molecule has 128 heavy (non-hydrogen) atoms. The van der Waals surface area contributed by atoms with Crippen molar-refractivity contribution < 1.29 is 0 Å². The van der Waals surface area contributed by atoms with Gasteiger partial charge < -0.3 is 18.1 Å². The van der Waals surface area contributed by atoms with Gasteiger partial charge in [0.2, 0.25) is 0 Å². The molecule has 0 unspecified atom stereocenters. The number of hydrogen-bond acceptors (Lipinski definition) is 0. The molecule has 4 aliphatic heterocycles. The van der Waals surface area contributed by atoms with Crippen LogP contribution in [0.4, 0.5) is 0 Å². The SMILES string of the molecule is c1ccc(-c2cc(-c3ccccc3)cc(-c3ccc4c(c3)B3c5c(ccc6c7cc(-c8cc(-c9ccccc9)cc(-c9ccccc9)c8)ccc7n-4c56)-c4cccc5c4n3c3c4cccc6c4n(c53)B3c4cc(-c5cc(-c7ccccc7)cc(-c7ccccc7)c5)ccc4-n4c5ccc(-c7cc(-c8ccccc8)cc(-c8ccccc8)c7)cc5c5ccc-6c3c54)c2)cc1. The molecular formula is C122H74B2N4. The van der Waals surface area contributed by atoms with Gasteiger partial charge in [0.25, 0.3) is 0 Å². The van der Waals surface area contributed by atoms with Gasteiger partial charge in [0.05, 0.1) is 33.1 Å². The highest BCUT2D eigenvalue weighted by molar-refractivity contribution is 6.92. The van der Waals surface area contributed by atoms with E-state index in [4.69, 9.17) is 0 Å². The first-order valence-electron chi connectivity index (χ1n) is 44.6. The van der Waals surface area contributed by atoms with Crippen molar-refractivity contribution in [2.24, 2.45) is 0 Å². The summed E-state index contributed by atoms with van der Waals surface area (Å²) in [6.45, 7) is -0.548. The van der Waals surface area contributed by atoms with Crippen LogP contribution in [0.5, 0.6) is 0 Å². The molecule has 20 aromatic carbocycles. The van der Waals surface area contributed by atoms with Crippen LogP contribution in [0.15, 0.2) is 449 Å². The highest BCUT2D eigenvalue weighted by atomic mass is 15.1. The van der Waals surface area contributed by atoms with E-state index in [2.05, 4.69) is 467 Å². The molecule has 28 rings (SSSR count). The first-order chi connectivity index (χ1) is 63.5. The van der Waals surface area contributed by atoms with E-state index in [1.807, 2.05) is 0 Å². The van der Waals surface area contributed by atoms with Gasteiger partial charge in [-0.15, -0.1) is 0 Å². The number of hydrogen-bond donors (Lipinski definition) is 0. The molecule has 4 aromatic heterocycles. The average molecular weight is 1620 g/mol. The van der Waals surface area contributed by atoms with Gasteiger partial charge in [-0.05, 0) is 276 Å². The summed E-state index contributed by atoms with van der Waals surface area (Å²) < 4.78 is 11.0. The van der Waals surface area contributed by atoms with Gasteiger partial charge in [-0.3, -0.25) is 0 Å². The lowest BCUT2D eigenvalue weighted by Gasteiger charge is -2.34. The maximum atomic E-state index is 2.86. The summed E-state index contributed by atoms with van der Waals surface area (Å²) >= 11 is 0. The van der Waals surface area contributed by atoms with Crippen LogP contribution in [0.3, 0.4) is 0 Å². The zero-order valence-corrected chi connectivity index (χ0v) is 69.7. The normalized spacial score (nSPS) is 12.5. The smallest absolute Gasteiger partial charge is 0.333 e. The molecule has 24 aromatic rings. The van der Waals surface area contributed by atoms with Crippen LogP contribution in [0.25, 0.3) is 244 Å². The molecule has 0 saturated carbocycles. The third-order valence-electron chi connectivity index (χ3n) is 28.4. The highest BCUT2D eigenvalue weighted by Gasteiger charge is 2.47. The lowest BCUT2D eigenvalue weighted by atomic mass is 9.45. The Morgan fingerprint density at radius 2 is 0.391 bits per heavy atom. The first kappa shape index (κ1) is 70.9. The van der Waals surface area contributed by atoms with Crippen molar-refractivity contribution in [2.45, 2.75) is 0 Å². The van der Waals surface area contributed by atoms with Gasteiger partial charge in [0.1, 0.15) is 0 Å². The zero-order chi connectivity index (χ0) is 83.5. The van der Waals surface area contributed by atoms with E-state index in [-0.39, 0.29) is 13.7 Å². The van der Waals surface area contributed by atoms with E-state index in [9.17, 15) is 0 Å². The first-order valence-corrected chi connectivity index (χ1v) is 44.6. The van der Waals surface area contributed by atoms with Gasteiger partial charge in [0, 0.05) is 65.9 Å². The van der Waals surface area contributed by atoms with Gasteiger partial charge >= 0.3 is 13.7 Å². The molecule has 0 aliphatic carbocycles. The van der Waals surface area contributed by atoms with Crippen LogP contribution in [-0.4, -0.2) is 31.8 Å². The summed E-state index contributed by atoms with van der Waals surface area (Å²) in [7, 11) is 0. The second-order valence-corrected chi connectivity index (χ2v) is 35.3. The Kier molecular flexibility index (Phi) is 15.2. The third kappa shape index (κ3) is 10.5.